The highest BCUT2D eigenvalue weighted by Gasteiger charge is 2.42. The zero-order valence-electron chi connectivity index (χ0n) is 10.4. The van der Waals surface area contributed by atoms with E-state index < -0.39 is 0 Å². The van der Waals surface area contributed by atoms with Crippen LogP contribution in [0.25, 0.3) is 0 Å². The molecule has 0 heteroatoms. The molecule has 3 rings (SSSR count). The van der Waals surface area contributed by atoms with Gasteiger partial charge in [-0.05, 0) is 42.9 Å². The molecular weight excluding hydrogens is 156 g/mol. The number of hydrogen-bond donors (Lipinski definition) is 0. The molecule has 0 aliphatic heterocycles. The quantitative estimate of drug-likeness (QED) is 0.510. The first-order valence-electron chi connectivity index (χ1n) is 6.27. The maximum atomic E-state index is 2.44. The van der Waals surface area contributed by atoms with Crippen LogP contribution in [0.4, 0.5) is 0 Å². The van der Waals surface area contributed by atoms with Gasteiger partial charge in [-0.15, -0.1) is 0 Å². The summed E-state index contributed by atoms with van der Waals surface area (Å²) < 4.78 is 0. The highest BCUT2D eigenvalue weighted by molar-refractivity contribution is 4.92. The monoisotopic (exact) mass is 184 g/mol. The predicted octanol–water partition coefficient (Wildman–Crippen LogP) is 4.74. The van der Waals surface area contributed by atoms with Crippen LogP contribution in [0.3, 0.4) is 0 Å². The minimum absolute atomic E-state index is 1.05. The summed E-state index contributed by atoms with van der Waals surface area (Å²) in [6.07, 6.45) is 4.61. The standard InChI is InChI=1S/C9H16.2C2H6/c1-6-3-8-5-9(4-6)7(8)2;2*1-2/h6-9H,3-5H2,1-2H3;2*1-2H3. The highest BCUT2D eigenvalue weighted by Crippen LogP contribution is 2.52. The van der Waals surface area contributed by atoms with E-state index in [1.54, 1.807) is 6.42 Å². The molecule has 3 aliphatic rings. The fourth-order valence-corrected chi connectivity index (χ4v) is 2.76. The second kappa shape index (κ2) is 6.45. The third-order valence-corrected chi connectivity index (χ3v) is 3.50. The molecule has 0 spiro atoms. The van der Waals surface area contributed by atoms with Gasteiger partial charge in [0.1, 0.15) is 0 Å². The van der Waals surface area contributed by atoms with E-state index in [4.69, 9.17) is 0 Å². The average molecular weight is 184 g/mol. The van der Waals surface area contributed by atoms with Gasteiger partial charge in [0.2, 0.25) is 0 Å². The van der Waals surface area contributed by atoms with Gasteiger partial charge in [-0.2, -0.15) is 0 Å². The third-order valence-electron chi connectivity index (χ3n) is 3.50. The molecule has 0 amide bonds. The Bertz CT molecular complexity index is 105. The van der Waals surface area contributed by atoms with E-state index in [0.717, 1.165) is 23.7 Å². The van der Waals surface area contributed by atoms with Crippen LogP contribution in [-0.4, -0.2) is 0 Å². The van der Waals surface area contributed by atoms with Crippen molar-refractivity contribution in [1.29, 1.82) is 0 Å². The topological polar surface area (TPSA) is 0 Å². The summed E-state index contributed by atoms with van der Waals surface area (Å²) in [7, 11) is 0. The molecular formula is C13H28. The van der Waals surface area contributed by atoms with Gasteiger partial charge in [-0.1, -0.05) is 41.5 Å². The molecule has 3 aliphatic carbocycles. The Balaban J connectivity index is 0.000000322. The summed E-state index contributed by atoms with van der Waals surface area (Å²) >= 11 is 0. The first-order valence-corrected chi connectivity index (χ1v) is 6.27. The van der Waals surface area contributed by atoms with Crippen LogP contribution in [0.5, 0.6) is 0 Å². The van der Waals surface area contributed by atoms with Crippen molar-refractivity contribution in [3.8, 4) is 0 Å². The Morgan fingerprint density at radius 1 is 0.692 bits per heavy atom. The van der Waals surface area contributed by atoms with E-state index in [9.17, 15) is 0 Å². The van der Waals surface area contributed by atoms with Gasteiger partial charge >= 0.3 is 0 Å². The van der Waals surface area contributed by atoms with Crippen molar-refractivity contribution < 1.29 is 0 Å². The Hall–Kier alpha value is 0. The molecule has 0 nitrogen and oxygen atoms in total. The molecule has 3 fully saturated rings. The predicted molar refractivity (Wildman–Crippen MR) is 61.9 cm³/mol. The number of rotatable bonds is 0. The van der Waals surface area contributed by atoms with Gasteiger partial charge in [0.15, 0.2) is 0 Å². The Morgan fingerprint density at radius 3 is 1.31 bits per heavy atom. The molecule has 0 aromatic carbocycles. The minimum atomic E-state index is 1.05. The molecule has 2 bridgehead atoms. The lowest BCUT2D eigenvalue weighted by Gasteiger charge is -2.50. The van der Waals surface area contributed by atoms with Gasteiger partial charge in [0.05, 0.1) is 0 Å². The van der Waals surface area contributed by atoms with Crippen LogP contribution < -0.4 is 0 Å². The van der Waals surface area contributed by atoms with Crippen molar-refractivity contribution in [1.82, 2.24) is 0 Å². The normalized spacial score (nSPS) is 40.2. The SMILES string of the molecule is CC.CC.CC1CC2CC(C1)C2C. The van der Waals surface area contributed by atoms with Gasteiger partial charge in [-0.25, -0.2) is 0 Å². The molecule has 2 atom stereocenters. The number of fused-ring (bicyclic) bond motifs is 2. The van der Waals surface area contributed by atoms with Crippen LogP contribution in [-0.2, 0) is 0 Å². The van der Waals surface area contributed by atoms with E-state index in [1.165, 1.54) is 12.8 Å². The van der Waals surface area contributed by atoms with Crippen LogP contribution in [0.1, 0.15) is 60.8 Å². The van der Waals surface area contributed by atoms with Crippen molar-refractivity contribution in [3.05, 3.63) is 0 Å². The lowest BCUT2D eigenvalue weighted by Crippen LogP contribution is -2.41. The first-order chi connectivity index (χ1) is 6.27. The maximum absolute atomic E-state index is 2.44. The van der Waals surface area contributed by atoms with E-state index >= 15 is 0 Å². The highest BCUT2D eigenvalue weighted by atomic mass is 14.5. The second-order valence-electron chi connectivity index (χ2n) is 4.19. The average Bonchev–Trinajstić information content (AvgIpc) is 2.23. The largest absolute Gasteiger partial charge is 0.0683 e. The van der Waals surface area contributed by atoms with Gasteiger partial charge in [0, 0.05) is 0 Å². The summed E-state index contributed by atoms with van der Waals surface area (Å²) in [5.74, 6) is 4.38. The molecule has 80 valence electrons. The maximum Gasteiger partial charge on any atom is -0.0381 e. The molecule has 0 aromatic heterocycles. The fraction of sp³-hybridized carbons (Fsp3) is 1.00. The molecule has 0 N–H and O–H groups in total. The molecule has 13 heavy (non-hydrogen) atoms. The zero-order valence-corrected chi connectivity index (χ0v) is 10.4. The Kier molecular flexibility index (Phi) is 6.45. The third kappa shape index (κ3) is 3.00. The van der Waals surface area contributed by atoms with Crippen molar-refractivity contribution in [2.24, 2.45) is 23.7 Å². The van der Waals surface area contributed by atoms with Crippen LogP contribution >= 0.6 is 0 Å². The van der Waals surface area contributed by atoms with Crippen molar-refractivity contribution in [2.75, 3.05) is 0 Å². The minimum Gasteiger partial charge on any atom is -0.0683 e. The first kappa shape index (κ1) is 13.0. The number of hydrogen-bond acceptors (Lipinski definition) is 0. The Labute approximate surface area is 85.1 Å². The molecule has 0 saturated heterocycles. The second-order valence-corrected chi connectivity index (χ2v) is 4.19. The van der Waals surface area contributed by atoms with Crippen molar-refractivity contribution in [3.63, 3.8) is 0 Å². The van der Waals surface area contributed by atoms with E-state index in [2.05, 4.69) is 13.8 Å². The summed E-state index contributed by atoms with van der Waals surface area (Å²) in [6.45, 7) is 12.8. The summed E-state index contributed by atoms with van der Waals surface area (Å²) in [5, 5.41) is 0. The molecule has 0 heterocycles. The summed E-state index contributed by atoms with van der Waals surface area (Å²) in [4.78, 5) is 0. The lowest BCUT2D eigenvalue weighted by atomic mass is 9.55. The lowest BCUT2D eigenvalue weighted by molar-refractivity contribution is -0.00154. The van der Waals surface area contributed by atoms with Crippen molar-refractivity contribution in [2.45, 2.75) is 60.8 Å². The Morgan fingerprint density at radius 2 is 1.08 bits per heavy atom. The smallest absolute Gasteiger partial charge is 0.0381 e. The van der Waals surface area contributed by atoms with E-state index in [0.29, 0.717) is 0 Å². The summed E-state index contributed by atoms with van der Waals surface area (Å²) in [5.41, 5.74) is 0. The van der Waals surface area contributed by atoms with Crippen LogP contribution in [0, 0.1) is 23.7 Å². The van der Waals surface area contributed by atoms with Crippen LogP contribution in [0.15, 0.2) is 0 Å². The summed E-state index contributed by atoms with van der Waals surface area (Å²) in [6, 6.07) is 0. The molecule has 2 unspecified atom stereocenters. The fourth-order valence-electron chi connectivity index (χ4n) is 2.76. The van der Waals surface area contributed by atoms with Gasteiger partial charge in [0.25, 0.3) is 0 Å². The van der Waals surface area contributed by atoms with Gasteiger partial charge in [-0.3, -0.25) is 0 Å². The molecule has 0 aromatic rings. The van der Waals surface area contributed by atoms with Gasteiger partial charge < -0.3 is 0 Å². The van der Waals surface area contributed by atoms with Crippen LogP contribution in [0.2, 0.25) is 0 Å². The molecule has 0 radical (unpaired) electrons. The van der Waals surface area contributed by atoms with E-state index in [1.807, 2.05) is 27.7 Å². The zero-order chi connectivity index (χ0) is 10.4. The molecule has 3 saturated carbocycles. The van der Waals surface area contributed by atoms with Crippen molar-refractivity contribution >= 4 is 0 Å². The van der Waals surface area contributed by atoms with E-state index in [-0.39, 0.29) is 0 Å².